The summed E-state index contributed by atoms with van der Waals surface area (Å²) in [7, 11) is 1.65. The van der Waals surface area contributed by atoms with Crippen LogP contribution in [0.5, 0.6) is 0 Å². The Balaban J connectivity index is 3.01. The van der Waals surface area contributed by atoms with E-state index in [-0.39, 0.29) is 17.7 Å². The van der Waals surface area contributed by atoms with Crippen LogP contribution in [-0.4, -0.2) is 18.8 Å². The molecular formula is C12H13ClN2O. The van der Waals surface area contributed by atoms with Crippen molar-refractivity contribution in [2.24, 2.45) is 5.92 Å². The smallest absolute Gasteiger partial charge is 0.230 e. The van der Waals surface area contributed by atoms with Gasteiger partial charge in [0, 0.05) is 18.8 Å². The van der Waals surface area contributed by atoms with Gasteiger partial charge in [-0.05, 0) is 12.1 Å². The van der Waals surface area contributed by atoms with Crippen molar-refractivity contribution < 1.29 is 4.79 Å². The molecule has 0 aliphatic rings. The summed E-state index contributed by atoms with van der Waals surface area (Å²) in [6.45, 7) is 1.76. The molecule has 4 heteroatoms. The molecule has 0 saturated carbocycles. The zero-order valence-corrected chi connectivity index (χ0v) is 10.0. The minimum Gasteiger partial charge on any atom is -0.314 e. The average Bonchev–Trinajstić information content (AvgIpc) is 2.35. The van der Waals surface area contributed by atoms with E-state index < -0.39 is 0 Å². The van der Waals surface area contributed by atoms with Gasteiger partial charge in [0.2, 0.25) is 5.91 Å². The second-order valence-corrected chi connectivity index (χ2v) is 3.89. The van der Waals surface area contributed by atoms with Gasteiger partial charge in [-0.2, -0.15) is 5.26 Å². The van der Waals surface area contributed by atoms with Crippen LogP contribution in [-0.2, 0) is 4.79 Å². The fourth-order valence-electron chi connectivity index (χ4n) is 1.38. The van der Waals surface area contributed by atoms with Crippen LogP contribution in [0.1, 0.15) is 12.5 Å². The summed E-state index contributed by atoms with van der Waals surface area (Å²) in [4.78, 5) is 13.4. The number of anilines is 1. The van der Waals surface area contributed by atoms with Gasteiger partial charge in [-0.25, -0.2) is 0 Å². The quantitative estimate of drug-likeness (QED) is 0.757. The van der Waals surface area contributed by atoms with Crippen molar-refractivity contribution in [3.8, 4) is 6.07 Å². The van der Waals surface area contributed by atoms with Gasteiger partial charge < -0.3 is 4.90 Å². The van der Waals surface area contributed by atoms with Gasteiger partial charge >= 0.3 is 0 Å². The first-order valence-corrected chi connectivity index (χ1v) is 5.48. The SMILES string of the molecule is CC(CCl)C(=O)N(C)c1ccccc1C#N. The van der Waals surface area contributed by atoms with Crippen LogP contribution in [0, 0.1) is 17.2 Å². The van der Waals surface area contributed by atoms with E-state index in [2.05, 4.69) is 6.07 Å². The fraction of sp³-hybridized carbons (Fsp3) is 0.333. The highest BCUT2D eigenvalue weighted by Gasteiger charge is 2.19. The fourth-order valence-corrected chi connectivity index (χ4v) is 1.51. The number of para-hydroxylation sites is 1. The zero-order valence-electron chi connectivity index (χ0n) is 9.27. The molecule has 1 amide bonds. The number of benzene rings is 1. The van der Waals surface area contributed by atoms with Crippen LogP contribution < -0.4 is 4.90 Å². The number of rotatable bonds is 3. The van der Waals surface area contributed by atoms with E-state index >= 15 is 0 Å². The summed E-state index contributed by atoms with van der Waals surface area (Å²) in [6.07, 6.45) is 0. The van der Waals surface area contributed by atoms with Gasteiger partial charge in [0.1, 0.15) is 6.07 Å². The topological polar surface area (TPSA) is 44.1 Å². The summed E-state index contributed by atoms with van der Waals surface area (Å²) in [5, 5.41) is 8.93. The summed E-state index contributed by atoms with van der Waals surface area (Å²) >= 11 is 5.64. The van der Waals surface area contributed by atoms with Gasteiger partial charge in [-0.1, -0.05) is 19.1 Å². The minimum atomic E-state index is -0.251. The number of carbonyl (C=O) groups is 1. The summed E-state index contributed by atoms with van der Waals surface area (Å²) in [5.74, 6) is -0.0612. The van der Waals surface area contributed by atoms with Gasteiger partial charge in [0.25, 0.3) is 0 Å². The van der Waals surface area contributed by atoms with Crippen molar-refractivity contribution in [1.82, 2.24) is 0 Å². The lowest BCUT2D eigenvalue weighted by Gasteiger charge is -2.21. The van der Waals surface area contributed by atoms with Crippen LogP contribution in [0.15, 0.2) is 24.3 Å². The summed E-state index contributed by atoms with van der Waals surface area (Å²) in [6, 6.07) is 9.06. The molecular weight excluding hydrogens is 224 g/mol. The maximum Gasteiger partial charge on any atom is 0.230 e. The lowest BCUT2D eigenvalue weighted by atomic mass is 10.1. The number of hydrogen-bond donors (Lipinski definition) is 0. The molecule has 1 aromatic rings. The molecule has 1 rings (SSSR count). The van der Waals surface area contributed by atoms with Crippen LogP contribution in [0.4, 0.5) is 5.69 Å². The third-order valence-corrected chi connectivity index (χ3v) is 2.83. The lowest BCUT2D eigenvalue weighted by molar-refractivity contribution is -0.121. The predicted octanol–water partition coefficient (Wildman–Crippen LogP) is 2.40. The first-order valence-electron chi connectivity index (χ1n) is 4.94. The van der Waals surface area contributed by atoms with E-state index in [0.717, 1.165) is 0 Å². The van der Waals surface area contributed by atoms with Crippen LogP contribution in [0.2, 0.25) is 0 Å². The van der Waals surface area contributed by atoms with Gasteiger partial charge in [0.05, 0.1) is 11.3 Å². The lowest BCUT2D eigenvalue weighted by Crippen LogP contribution is -2.32. The molecule has 0 spiro atoms. The number of halogens is 1. The van der Waals surface area contributed by atoms with Gasteiger partial charge in [-0.3, -0.25) is 4.79 Å². The van der Waals surface area contributed by atoms with Crippen molar-refractivity contribution in [1.29, 1.82) is 5.26 Å². The molecule has 0 saturated heterocycles. The number of hydrogen-bond acceptors (Lipinski definition) is 2. The van der Waals surface area contributed by atoms with E-state index in [1.54, 1.807) is 38.2 Å². The first kappa shape index (κ1) is 12.5. The Hall–Kier alpha value is -1.53. The Morgan fingerprint density at radius 3 is 2.75 bits per heavy atom. The molecule has 0 aliphatic carbocycles. The number of alkyl halides is 1. The molecule has 16 heavy (non-hydrogen) atoms. The third-order valence-electron chi connectivity index (χ3n) is 2.37. The van der Waals surface area contributed by atoms with Crippen molar-refractivity contribution in [2.45, 2.75) is 6.92 Å². The molecule has 0 fully saturated rings. The summed E-state index contributed by atoms with van der Waals surface area (Å²) in [5.41, 5.74) is 1.10. The highest BCUT2D eigenvalue weighted by atomic mass is 35.5. The molecule has 3 nitrogen and oxygen atoms in total. The molecule has 1 aromatic carbocycles. The predicted molar refractivity (Wildman–Crippen MR) is 64.5 cm³/mol. The van der Waals surface area contributed by atoms with E-state index in [4.69, 9.17) is 16.9 Å². The minimum absolute atomic E-state index is 0.0855. The largest absolute Gasteiger partial charge is 0.314 e. The van der Waals surface area contributed by atoms with E-state index in [9.17, 15) is 4.79 Å². The van der Waals surface area contributed by atoms with Gasteiger partial charge in [0.15, 0.2) is 0 Å². The van der Waals surface area contributed by atoms with Crippen LogP contribution >= 0.6 is 11.6 Å². The third kappa shape index (κ3) is 2.53. The standard InChI is InChI=1S/C12H13ClN2O/c1-9(7-13)12(16)15(2)11-6-4-3-5-10(11)8-14/h3-6,9H,7H2,1-2H3. The van der Waals surface area contributed by atoms with Gasteiger partial charge in [-0.15, -0.1) is 11.6 Å². The Morgan fingerprint density at radius 1 is 1.56 bits per heavy atom. The molecule has 0 aliphatic heterocycles. The number of nitrogens with zero attached hydrogens (tertiary/aromatic N) is 2. The Bertz CT molecular complexity index is 425. The van der Waals surface area contributed by atoms with Crippen molar-refractivity contribution in [3.05, 3.63) is 29.8 Å². The number of amides is 1. The highest BCUT2D eigenvalue weighted by molar-refractivity contribution is 6.19. The normalized spacial score (nSPS) is 11.6. The Kier molecular flexibility index (Phi) is 4.33. The highest BCUT2D eigenvalue weighted by Crippen LogP contribution is 2.20. The number of nitriles is 1. The summed E-state index contributed by atoms with van der Waals surface area (Å²) < 4.78 is 0. The molecule has 1 unspecified atom stereocenters. The first-order chi connectivity index (χ1) is 7.61. The second-order valence-electron chi connectivity index (χ2n) is 3.58. The van der Waals surface area contributed by atoms with Crippen molar-refractivity contribution in [2.75, 3.05) is 17.8 Å². The molecule has 0 radical (unpaired) electrons. The molecule has 0 aromatic heterocycles. The maximum atomic E-state index is 11.9. The molecule has 0 heterocycles. The molecule has 0 bridgehead atoms. The average molecular weight is 237 g/mol. The van der Waals surface area contributed by atoms with E-state index in [0.29, 0.717) is 11.3 Å². The zero-order chi connectivity index (χ0) is 12.1. The van der Waals surface area contributed by atoms with Crippen molar-refractivity contribution >= 4 is 23.2 Å². The van der Waals surface area contributed by atoms with Crippen LogP contribution in [0.25, 0.3) is 0 Å². The van der Waals surface area contributed by atoms with E-state index in [1.165, 1.54) is 4.90 Å². The maximum absolute atomic E-state index is 11.9. The molecule has 1 atom stereocenters. The van der Waals surface area contributed by atoms with Crippen molar-refractivity contribution in [3.63, 3.8) is 0 Å². The molecule has 0 N–H and O–H groups in total. The van der Waals surface area contributed by atoms with Crippen LogP contribution in [0.3, 0.4) is 0 Å². The monoisotopic (exact) mass is 236 g/mol. The molecule has 84 valence electrons. The Labute approximate surface area is 100 Å². The second kappa shape index (κ2) is 5.53. The number of carbonyl (C=O) groups excluding carboxylic acids is 1. The van der Waals surface area contributed by atoms with E-state index in [1.807, 2.05) is 0 Å². The Morgan fingerprint density at radius 2 is 2.19 bits per heavy atom.